The van der Waals surface area contributed by atoms with Crippen molar-refractivity contribution in [2.45, 2.75) is 15.0 Å². The largest absolute Gasteiger partial charge is 0.299 e. The number of anilines is 2. The monoisotopic (exact) mass is 514 g/mol. The summed E-state index contributed by atoms with van der Waals surface area (Å²) in [6.45, 7) is -0.519. The normalized spacial score (nSPS) is 11.2. The van der Waals surface area contributed by atoms with Gasteiger partial charge in [0.15, 0.2) is 4.34 Å². The van der Waals surface area contributed by atoms with Crippen molar-refractivity contribution in [1.82, 2.24) is 10.2 Å². The van der Waals surface area contributed by atoms with Crippen molar-refractivity contribution in [1.29, 1.82) is 0 Å². The van der Waals surface area contributed by atoms with E-state index in [1.54, 1.807) is 18.2 Å². The van der Waals surface area contributed by atoms with E-state index >= 15 is 0 Å². The van der Waals surface area contributed by atoms with Crippen LogP contribution in [-0.4, -0.2) is 31.1 Å². The fourth-order valence-corrected chi connectivity index (χ4v) is 6.14. The number of sulfonamides is 1. The number of nitrogens with one attached hydrogen (secondary N) is 1. The van der Waals surface area contributed by atoms with E-state index in [1.165, 1.54) is 47.4 Å². The first-order valence-electron chi connectivity index (χ1n) is 10.1. The topological polar surface area (TPSA) is 92.3 Å². The molecular weight excluding hydrogens is 495 g/mol. The Morgan fingerprint density at radius 3 is 2.26 bits per heavy atom. The van der Waals surface area contributed by atoms with Crippen LogP contribution in [0, 0.1) is 5.82 Å². The van der Waals surface area contributed by atoms with Crippen LogP contribution in [0.2, 0.25) is 0 Å². The summed E-state index contributed by atoms with van der Waals surface area (Å²) in [5.41, 5.74) is 1.30. The molecule has 0 bridgehead atoms. The minimum atomic E-state index is -4.08. The number of hydrogen-bond acceptors (Lipinski definition) is 7. The van der Waals surface area contributed by atoms with Crippen LogP contribution in [0.1, 0.15) is 5.56 Å². The lowest BCUT2D eigenvalue weighted by atomic mass is 10.2. The molecular formula is C23H19FN4O3S3. The molecule has 0 atom stereocenters. The standard InChI is InChI=1S/C23H19FN4O3S3/c24-18-11-13-19(14-12-18)28(34(30,31)20-9-5-2-6-10-20)15-21(29)25-22-26-27-23(33-22)32-16-17-7-3-1-4-8-17/h1-14H,15-16H2,(H,25,26,29). The second-order valence-electron chi connectivity index (χ2n) is 7.00. The fourth-order valence-electron chi connectivity index (χ4n) is 2.97. The average Bonchev–Trinajstić information content (AvgIpc) is 3.30. The predicted octanol–water partition coefficient (Wildman–Crippen LogP) is 4.80. The molecule has 0 aliphatic heterocycles. The maximum absolute atomic E-state index is 13.4. The molecule has 3 aromatic carbocycles. The fraction of sp³-hybridized carbons (Fsp3) is 0.0870. The second kappa shape index (κ2) is 10.8. The Hall–Kier alpha value is -3.28. The third-order valence-electron chi connectivity index (χ3n) is 4.59. The van der Waals surface area contributed by atoms with E-state index in [0.717, 1.165) is 22.0 Å². The molecule has 4 rings (SSSR count). The highest BCUT2D eigenvalue weighted by molar-refractivity contribution is 8.00. The zero-order valence-electron chi connectivity index (χ0n) is 17.7. The summed E-state index contributed by atoms with van der Waals surface area (Å²) in [5.74, 6) is -0.406. The number of carbonyl (C=O) groups excluding carboxylic acids is 1. The summed E-state index contributed by atoms with van der Waals surface area (Å²) in [6.07, 6.45) is 0. The van der Waals surface area contributed by atoms with Gasteiger partial charge >= 0.3 is 0 Å². The Bertz CT molecular complexity index is 1350. The highest BCUT2D eigenvalue weighted by Crippen LogP contribution is 2.29. The van der Waals surface area contributed by atoms with Gasteiger partial charge in [-0.05, 0) is 42.0 Å². The zero-order chi connectivity index (χ0) is 24.0. The number of carbonyl (C=O) groups is 1. The summed E-state index contributed by atoms with van der Waals surface area (Å²) in [6, 6.07) is 22.5. The number of amides is 1. The molecule has 1 heterocycles. The van der Waals surface area contributed by atoms with Crippen LogP contribution in [-0.2, 0) is 20.6 Å². The molecule has 0 fully saturated rings. The van der Waals surface area contributed by atoms with Crippen LogP contribution >= 0.6 is 23.1 Å². The molecule has 0 saturated heterocycles. The molecule has 0 aliphatic carbocycles. The number of rotatable bonds is 9. The lowest BCUT2D eigenvalue weighted by Crippen LogP contribution is -2.38. The third kappa shape index (κ3) is 5.99. The van der Waals surface area contributed by atoms with Crippen LogP contribution < -0.4 is 9.62 Å². The predicted molar refractivity (Wildman–Crippen MR) is 132 cm³/mol. The van der Waals surface area contributed by atoms with E-state index in [2.05, 4.69) is 15.5 Å². The van der Waals surface area contributed by atoms with Crippen LogP contribution in [0.3, 0.4) is 0 Å². The maximum atomic E-state index is 13.4. The van der Waals surface area contributed by atoms with Gasteiger partial charge in [0.2, 0.25) is 11.0 Å². The van der Waals surface area contributed by atoms with Crippen molar-refractivity contribution < 1.29 is 17.6 Å². The minimum absolute atomic E-state index is 0.0163. The molecule has 0 aliphatic rings. The summed E-state index contributed by atoms with van der Waals surface area (Å²) < 4.78 is 41.5. The van der Waals surface area contributed by atoms with Gasteiger partial charge in [0.05, 0.1) is 10.6 Å². The van der Waals surface area contributed by atoms with Crippen LogP contribution in [0.15, 0.2) is 94.2 Å². The van der Waals surface area contributed by atoms with Crippen LogP contribution in [0.5, 0.6) is 0 Å². The van der Waals surface area contributed by atoms with Gasteiger partial charge in [0.1, 0.15) is 12.4 Å². The molecule has 11 heteroatoms. The Morgan fingerprint density at radius 2 is 1.59 bits per heavy atom. The molecule has 0 spiro atoms. The van der Waals surface area contributed by atoms with Gasteiger partial charge < -0.3 is 0 Å². The van der Waals surface area contributed by atoms with E-state index in [1.807, 2.05) is 30.3 Å². The first-order chi connectivity index (χ1) is 16.4. The van der Waals surface area contributed by atoms with Crippen molar-refractivity contribution >= 4 is 49.8 Å². The Morgan fingerprint density at radius 1 is 0.941 bits per heavy atom. The zero-order valence-corrected chi connectivity index (χ0v) is 20.1. The average molecular weight is 515 g/mol. The Labute approximate surface area is 204 Å². The van der Waals surface area contributed by atoms with Crippen molar-refractivity contribution in [3.8, 4) is 0 Å². The molecule has 34 heavy (non-hydrogen) atoms. The van der Waals surface area contributed by atoms with Gasteiger partial charge in [-0.15, -0.1) is 10.2 Å². The number of benzene rings is 3. The van der Waals surface area contributed by atoms with Gasteiger partial charge in [-0.25, -0.2) is 12.8 Å². The van der Waals surface area contributed by atoms with Crippen molar-refractivity contribution in [3.05, 3.63) is 96.3 Å². The van der Waals surface area contributed by atoms with Gasteiger partial charge in [-0.2, -0.15) is 0 Å². The van der Waals surface area contributed by atoms with Gasteiger partial charge in [0, 0.05) is 5.75 Å². The smallest absolute Gasteiger partial charge is 0.264 e. The molecule has 1 amide bonds. The van der Waals surface area contributed by atoms with Crippen molar-refractivity contribution in [2.75, 3.05) is 16.2 Å². The lowest BCUT2D eigenvalue weighted by molar-refractivity contribution is -0.114. The summed E-state index contributed by atoms with van der Waals surface area (Å²) in [7, 11) is -4.08. The van der Waals surface area contributed by atoms with Gasteiger partial charge in [0.25, 0.3) is 10.0 Å². The Kier molecular flexibility index (Phi) is 7.56. The van der Waals surface area contributed by atoms with Crippen LogP contribution in [0.25, 0.3) is 0 Å². The first kappa shape index (κ1) is 23.9. The minimum Gasteiger partial charge on any atom is -0.299 e. The van der Waals surface area contributed by atoms with Crippen molar-refractivity contribution in [3.63, 3.8) is 0 Å². The summed E-state index contributed by atoms with van der Waals surface area (Å²) in [4.78, 5) is 12.8. The Balaban J connectivity index is 1.48. The molecule has 0 saturated carbocycles. The number of aromatic nitrogens is 2. The lowest BCUT2D eigenvalue weighted by Gasteiger charge is -2.23. The second-order valence-corrected chi connectivity index (χ2v) is 11.1. The van der Waals surface area contributed by atoms with E-state index in [0.29, 0.717) is 10.1 Å². The quantitative estimate of drug-likeness (QED) is 0.255. The number of hydrogen-bond donors (Lipinski definition) is 1. The molecule has 4 aromatic rings. The molecule has 0 radical (unpaired) electrons. The van der Waals surface area contributed by atoms with Crippen molar-refractivity contribution in [2.24, 2.45) is 0 Å². The maximum Gasteiger partial charge on any atom is 0.264 e. The van der Waals surface area contributed by atoms with E-state index < -0.39 is 28.3 Å². The third-order valence-corrected chi connectivity index (χ3v) is 8.42. The highest BCUT2D eigenvalue weighted by Gasteiger charge is 2.27. The van der Waals surface area contributed by atoms with Crippen LogP contribution in [0.4, 0.5) is 15.2 Å². The van der Waals surface area contributed by atoms with Gasteiger partial charge in [-0.3, -0.25) is 14.4 Å². The number of thioether (sulfide) groups is 1. The SMILES string of the molecule is O=C(CN(c1ccc(F)cc1)S(=O)(=O)c1ccccc1)Nc1nnc(SCc2ccccc2)s1. The molecule has 0 unspecified atom stereocenters. The molecule has 1 aromatic heterocycles. The molecule has 174 valence electrons. The highest BCUT2D eigenvalue weighted by atomic mass is 32.2. The summed E-state index contributed by atoms with van der Waals surface area (Å²) in [5, 5.41) is 10.9. The molecule has 1 N–H and O–H groups in total. The number of nitrogens with zero attached hydrogens (tertiary/aromatic N) is 3. The molecule has 7 nitrogen and oxygen atoms in total. The number of halogens is 1. The van der Waals surface area contributed by atoms with E-state index in [9.17, 15) is 17.6 Å². The van der Waals surface area contributed by atoms with Gasteiger partial charge in [-0.1, -0.05) is 71.6 Å². The summed E-state index contributed by atoms with van der Waals surface area (Å²) >= 11 is 2.69. The first-order valence-corrected chi connectivity index (χ1v) is 13.3. The van der Waals surface area contributed by atoms with E-state index in [4.69, 9.17) is 0 Å². The van der Waals surface area contributed by atoms with E-state index in [-0.39, 0.29) is 15.7 Å².